The number of hydrogen-bond donors (Lipinski definition) is 1. The number of imidazole rings is 1. The van der Waals surface area contributed by atoms with Crippen molar-refractivity contribution in [1.82, 2.24) is 24.1 Å². The first kappa shape index (κ1) is 13.1. The first-order valence-electron chi connectivity index (χ1n) is 5.14. The third-order valence-corrected chi connectivity index (χ3v) is 4.23. The lowest BCUT2D eigenvalue weighted by molar-refractivity contribution is 0.558. The smallest absolute Gasteiger partial charge is 0.261 e. The summed E-state index contributed by atoms with van der Waals surface area (Å²) in [5.74, 6) is 0. The Morgan fingerprint density at radius 2 is 2.28 bits per heavy atom. The van der Waals surface area contributed by atoms with Crippen LogP contribution < -0.4 is 4.72 Å². The minimum absolute atomic E-state index is 0.0848. The highest BCUT2D eigenvalue weighted by molar-refractivity contribution is 7.89. The van der Waals surface area contributed by atoms with E-state index in [0.717, 1.165) is 0 Å². The van der Waals surface area contributed by atoms with E-state index in [1.54, 1.807) is 30.2 Å². The summed E-state index contributed by atoms with van der Waals surface area (Å²) in [4.78, 5) is 3.76. The van der Waals surface area contributed by atoms with Crippen molar-refractivity contribution in [1.29, 1.82) is 0 Å². The molecule has 0 aliphatic heterocycles. The minimum atomic E-state index is -3.68. The fraction of sp³-hybridized carbons (Fsp3) is 0.333. The number of rotatable bonds is 5. The van der Waals surface area contributed by atoms with Crippen molar-refractivity contribution < 1.29 is 8.42 Å². The number of nitrogens with one attached hydrogen (secondary N) is 1. The number of sulfonamides is 1. The van der Waals surface area contributed by atoms with Crippen molar-refractivity contribution in [2.24, 2.45) is 7.05 Å². The van der Waals surface area contributed by atoms with Crippen LogP contribution in [0.15, 0.2) is 29.8 Å². The lowest BCUT2D eigenvalue weighted by Gasteiger charge is -2.05. The number of nitrogens with zero attached hydrogens (tertiary/aromatic N) is 4. The Morgan fingerprint density at radius 3 is 2.83 bits per heavy atom. The quantitative estimate of drug-likeness (QED) is 0.855. The third kappa shape index (κ3) is 2.71. The van der Waals surface area contributed by atoms with Crippen LogP contribution in [0.2, 0.25) is 5.15 Å². The van der Waals surface area contributed by atoms with Crippen LogP contribution in [0.4, 0.5) is 0 Å². The van der Waals surface area contributed by atoms with Gasteiger partial charge in [-0.05, 0) is 6.07 Å². The average molecular weight is 290 g/mol. The van der Waals surface area contributed by atoms with Gasteiger partial charge in [-0.1, -0.05) is 11.6 Å². The standard InChI is InChI=1S/C9H12ClN5O2S/c1-14-7-11-9(8(14)10)18(16,17)13-4-6-15-5-2-3-12-15/h2-3,5,7,13H,4,6H2,1H3. The lowest BCUT2D eigenvalue weighted by atomic mass is 10.6. The first-order valence-corrected chi connectivity index (χ1v) is 7.01. The molecule has 0 atom stereocenters. The molecular formula is C9H12ClN5O2S. The summed E-state index contributed by atoms with van der Waals surface area (Å²) in [5, 5.41) is 3.89. The molecule has 0 bridgehead atoms. The van der Waals surface area contributed by atoms with Crippen LogP contribution >= 0.6 is 11.6 Å². The molecule has 1 N–H and O–H groups in total. The van der Waals surface area contributed by atoms with Gasteiger partial charge in [0.2, 0.25) is 5.03 Å². The van der Waals surface area contributed by atoms with Gasteiger partial charge in [0.05, 0.1) is 12.9 Å². The van der Waals surface area contributed by atoms with Crippen LogP contribution in [0.1, 0.15) is 0 Å². The highest BCUT2D eigenvalue weighted by Gasteiger charge is 2.21. The summed E-state index contributed by atoms with van der Waals surface area (Å²) in [6.45, 7) is 0.660. The van der Waals surface area contributed by atoms with Crippen LogP contribution in [-0.4, -0.2) is 34.3 Å². The van der Waals surface area contributed by atoms with Gasteiger partial charge in [0.15, 0.2) is 0 Å². The molecule has 2 rings (SSSR count). The third-order valence-electron chi connectivity index (χ3n) is 2.28. The van der Waals surface area contributed by atoms with Crippen LogP contribution in [0.25, 0.3) is 0 Å². The van der Waals surface area contributed by atoms with E-state index < -0.39 is 10.0 Å². The largest absolute Gasteiger partial charge is 0.324 e. The molecule has 0 saturated heterocycles. The molecule has 2 aromatic heterocycles. The van der Waals surface area contributed by atoms with Gasteiger partial charge in [-0.2, -0.15) is 5.10 Å². The van der Waals surface area contributed by atoms with E-state index >= 15 is 0 Å². The number of aromatic nitrogens is 4. The van der Waals surface area contributed by atoms with Gasteiger partial charge in [0, 0.05) is 26.0 Å². The Balaban J connectivity index is 2.02. The summed E-state index contributed by atoms with van der Waals surface area (Å²) in [7, 11) is -2.06. The number of aryl methyl sites for hydroxylation is 1. The van der Waals surface area contributed by atoms with Gasteiger partial charge in [-0.3, -0.25) is 4.68 Å². The molecule has 0 unspecified atom stereocenters. The first-order chi connectivity index (χ1) is 8.50. The summed E-state index contributed by atoms with van der Waals surface area (Å²) in [6.07, 6.45) is 4.73. The van der Waals surface area contributed by atoms with E-state index in [2.05, 4.69) is 14.8 Å². The maximum absolute atomic E-state index is 11.9. The average Bonchev–Trinajstić information content (AvgIpc) is 2.91. The predicted octanol–water partition coefficient (Wildman–Crippen LogP) is 0.248. The van der Waals surface area contributed by atoms with Crippen molar-refractivity contribution in [2.75, 3.05) is 6.54 Å². The van der Waals surface area contributed by atoms with E-state index in [4.69, 9.17) is 11.6 Å². The zero-order chi connectivity index (χ0) is 13.2. The summed E-state index contributed by atoms with van der Waals surface area (Å²) in [5.41, 5.74) is 0. The SMILES string of the molecule is Cn1cnc(S(=O)(=O)NCCn2cccn2)c1Cl. The normalized spacial score (nSPS) is 11.9. The van der Waals surface area contributed by atoms with E-state index in [-0.39, 0.29) is 16.7 Å². The van der Waals surface area contributed by atoms with Gasteiger partial charge >= 0.3 is 0 Å². The lowest BCUT2D eigenvalue weighted by Crippen LogP contribution is -2.28. The molecule has 2 aromatic rings. The van der Waals surface area contributed by atoms with Gasteiger partial charge in [0.1, 0.15) is 5.15 Å². The Hall–Kier alpha value is -1.38. The predicted molar refractivity (Wildman–Crippen MR) is 65.6 cm³/mol. The van der Waals surface area contributed by atoms with Crippen LogP contribution in [0, 0.1) is 0 Å². The molecule has 0 fully saturated rings. The highest BCUT2D eigenvalue weighted by atomic mass is 35.5. The molecule has 7 nitrogen and oxygen atoms in total. The van der Waals surface area contributed by atoms with E-state index in [9.17, 15) is 8.42 Å². The molecule has 0 aromatic carbocycles. The van der Waals surface area contributed by atoms with Crippen LogP contribution in [0.3, 0.4) is 0 Å². The summed E-state index contributed by atoms with van der Waals surface area (Å²) >= 11 is 5.84. The van der Waals surface area contributed by atoms with Crippen LogP contribution in [-0.2, 0) is 23.6 Å². The topological polar surface area (TPSA) is 81.8 Å². The van der Waals surface area contributed by atoms with Gasteiger partial charge in [-0.15, -0.1) is 0 Å². The second-order valence-electron chi connectivity index (χ2n) is 3.62. The molecular weight excluding hydrogens is 278 g/mol. The minimum Gasteiger partial charge on any atom is -0.324 e. The van der Waals surface area contributed by atoms with Crippen molar-refractivity contribution in [3.63, 3.8) is 0 Å². The van der Waals surface area contributed by atoms with Gasteiger partial charge < -0.3 is 4.57 Å². The molecule has 0 aliphatic rings. The second-order valence-corrected chi connectivity index (χ2v) is 5.66. The summed E-state index contributed by atoms with van der Waals surface area (Å²) in [6, 6.07) is 1.77. The van der Waals surface area contributed by atoms with E-state index in [1.807, 2.05) is 0 Å². The van der Waals surface area contributed by atoms with Crippen LogP contribution in [0.5, 0.6) is 0 Å². The molecule has 18 heavy (non-hydrogen) atoms. The maximum atomic E-state index is 11.9. The monoisotopic (exact) mass is 289 g/mol. The van der Waals surface area contributed by atoms with E-state index in [0.29, 0.717) is 6.54 Å². The highest BCUT2D eigenvalue weighted by Crippen LogP contribution is 2.17. The van der Waals surface area contributed by atoms with Crippen molar-refractivity contribution in [3.05, 3.63) is 29.9 Å². The molecule has 98 valence electrons. The van der Waals surface area contributed by atoms with Crippen molar-refractivity contribution >= 4 is 21.6 Å². The van der Waals surface area contributed by atoms with Gasteiger partial charge in [-0.25, -0.2) is 18.1 Å². The van der Waals surface area contributed by atoms with Crippen molar-refractivity contribution in [2.45, 2.75) is 11.6 Å². The number of hydrogen-bond acceptors (Lipinski definition) is 4. The summed E-state index contributed by atoms with van der Waals surface area (Å²) < 4.78 is 29.3. The molecule has 2 heterocycles. The Bertz CT molecular complexity index is 619. The molecule has 0 amide bonds. The Labute approximate surface area is 109 Å². The van der Waals surface area contributed by atoms with Crippen molar-refractivity contribution in [3.8, 4) is 0 Å². The fourth-order valence-corrected chi connectivity index (χ4v) is 2.82. The zero-order valence-electron chi connectivity index (χ0n) is 9.62. The Morgan fingerprint density at radius 1 is 1.50 bits per heavy atom. The molecule has 9 heteroatoms. The zero-order valence-corrected chi connectivity index (χ0v) is 11.2. The number of halogens is 1. The maximum Gasteiger partial charge on any atom is 0.261 e. The van der Waals surface area contributed by atoms with Gasteiger partial charge in [0.25, 0.3) is 10.0 Å². The van der Waals surface area contributed by atoms with E-state index in [1.165, 1.54) is 10.9 Å². The molecule has 0 radical (unpaired) electrons. The molecule has 0 spiro atoms. The second kappa shape index (κ2) is 5.09. The Kier molecular flexibility index (Phi) is 3.69. The molecule has 0 saturated carbocycles. The molecule has 0 aliphatic carbocycles. The fourth-order valence-electron chi connectivity index (χ4n) is 1.37.